The van der Waals surface area contributed by atoms with Crippen LogP contribution in [-0.4, -0.2) is 24.5 Å². The minimum atomic E-state index is 0.00636. The average molecular weight is 233 g/mol. The molecule has 1 heterocycles. The van der Waals surface area contributed by atoms with E-state index in [2.05, 4.69) is 5.32 Å². The molecule has 0 saturated carbocycles. The molecule has 1 aliphatic heterocycles. The smallest absolute Gasteiger partial charge is 0.179 e. The Labute approximate surface area is 102 Å². The molecule has 0 radical (unpaired) electrons. The summed E-state index contributed by atoms with van der Waals surface area (Å²) in [6.07, 6.45) is 2.20. The van der Waals surface area contributed by atoms with E-state index in [-0.39, 0.29) is 17.9 Å². The lowest BCUT2D eigenvalue weighted by molar-refractivity contribution is 0.0952. The predicted molar refractivity (Wildman–Crippen MR) is 67.6 cm³/mol. The summed E-state index contributed by atoms with van der Waals surface area (Å²) < 4.78 is 5.55. The lowest BCUT2D eigenvalue weighted by Crippen LogP contribution is -2.30. The molecule has 0 amide bonds. The molecule has 1 fully saturated rings. The van der Waals surface area contributed by atoms with Gasteiger partial charge < -0.3 is 10.1 Å². The van der Waals surface area contributed by atoms with Crippen LogP contribution in [0.15, 0.2) is 24.3 Å². The summed E-state index contributed by atoms with van der Waals surface area (Å²) in [7, 11) is 0. The highest BCUT2D eigenvalue weighted by Gasteiger charge is 2.22. The Morgan fingerprint density at radius 2 is 2.06 bits per heavy atom. The molecule has 17 heavy (non-hydrogen) atoms. The number of carbonyl (C=O) groups is 1. The Balaban J connectivity index is 2.04. The van der Waals surface area contributed by atoms with Crippen molar-refractivity contribution in [2.24, 2.45) is 0 Å². The SMILES string of the molecule is CC(C)Oc1ccc(C(=O)C2CCCN2)cc1. The van der Waals surface area contributed by atoms with E-state index in [1.54, 1.807) is 0 Å². The van der Waals surface area contributed by atoms with E-state index < -0.39 is 0 Å². The van der Waals surface area contributed by atoms with Crippen molar-refractivity contribution in [2.45, 2.75) is 38.8 Å². The number of nitrogens with one attached hydrogen (secondary N) is 1. The number of hydrogen-bond donors (Lipinski definition) is 1. The fraction of sp³-hybridized carbons (Fsp3) is 0.500. The fourth-order valence-corrected chi connectivity index (χ4v) is 2.08. The van der Waals surface area contributed by atoms with E-state index in [9.17, 15) is 4.79 Å². The quantitative estimate of drug-likeness (QED) is 0.812. The van der Waals surface area contributed by atoms with Crippen molar-refractivity contribution < 1.29 is 9.53 Å². The van der Waals surface area contributed by atoms with Crippen molar-refractivity contribution >= 4 is 5.78 Å². The van der Waals surface area contributed by atoms with Gasteiger partial charge in [0.05, 0.1) is 12.1 Å². The molecule has 1 unspecified atom stereocenters. The van der Waals surface area contributed by atoms with E-state index in [0.29, 0.717) is 0 Å². The van der Waals surface area contributed by atoms with Crippen LogP contribution >= 0.6 is 0 Å². The summed E-state index contributed by atoms with van der Waals surface area (Å²) in [6, 6.07) is 7.43. The minimum absolute atomic E-state index is 0.00636. The van der Waals surface area contributed by atoms with Crippen LogP contribution in [0.3, 0.4) is 0 Å². The zero-order chi connectivity index (χ0) is 12.3. The van der Waals surface area contributed by atoms with Gasteiger partial charge in [0, 0.05) is 5.56 Å². The first-order chi connectivity index (χ1) is 8.16. The summed E-state index contributed by atoms with van der Waals surface area (Å²) in [6.45, 7) is 4.92. The van der Waals surface area contributed by atoms with Crippen LogP contribution < -0.4 is 10.1 Å². The van der Waals surface area contributed by atoms with Gasteiger partial charge in [-0.2, -0.15) is 0 Å². The number of ketones is 1. The van der Waals surface area contributed by atoms with Gasteiger partial charge in [0.15, 0.2) is 5.78 Å². The Morgan fingerprint density at radius 3 is 2.59 bits per heavy atom. The molecule has 3 nitrogen and oxygen atoms in total. The number of rotatable bonds is 4. The number of carbonyl (C=O) groups excluding carboxylic acids is 1. The lowest BCUT2D eigenvalue weighted by atomic mass is 10.0. The molecule has 1 aromatic carbocycles. The van der Waals surface area contributed by atoms with Gasteiger partial charge in [-0.1, -0.05) is 0 Å². The number of Topliss-reactive ketones (excluding diaryl/α,β-unsaturated/α-hetero) is 1. The van der Waals surface area contributed by atoms with Crippen LogP contribution in [0.25, 0.3) is 0 Å². The summed E-state index contributed by atoms with van der Waals surface area (Å²) in [5, 5.41) is 3.22. The molecule has 0 aromatic heterocycles. The largest absolute Gasteiger partial charge is 0.491 e. The van der Waals surface area contributed by atoms with Crippen molar-refractivity contribution in [3.63, 3.8) is 0 Å². The molecule has 0 spiro atoms. The standard InChI is InChI=1S/C14H19NO2/c1-10(2)17-12-7-5-11(6-8-12)14(16)13-4-3-9-15-13/h5-8,10,13,15H,3-4,9H2,1-2H3. The highest BCUT2D eigenvalue weighted by molar-refractivity contribution is 6.00. The monoisotopic (exact) mass is 233 g/mol. The second-order valence-electron chi connectivity index (χ2n) is 4.70. The van der Waals surface area contributed by atoms with Gasteiger partial charge in [0.25, 0.3) is 0 Å². The molecule has 1 aromatic rings. The first-order valence-electron chi connectivity index (χ1n) is 6.21. The summed E-state index contributed by atoms with van der Waals surface area (Å²) >= 11 is 0. The highest BCUT2D eigenvalue weighted by Crippen LogP contribution is 2.17. The third-order valence-electron chi connectivity index (χ3n) is 2.89. The first-order valence-corrected chi connectivity index (χ1v) is 6.21. The van der Waals surface area contributed by atoms with E-state index in [1.807, 2.05) is 38.1 Å². The third-order valence-corrected chi connectivity index (χ3v) is 2.89. The van der Waals surface area contributed by atoms with Crippen molar-refractivity contribution in [2.75, 3.05) is 6.54 Å². The Hall–Kier alpha value is -1.35. The maximum absolute atomic E-state index is 12.1. The number of benzene rings is 1. The Kier molecular flexibility index (Phi) is 3.79. The molecule has 3 heteroatoms. The van der Waals surface area contributed by atoms with E-state index >= 15 is 0 Å². The molecule has 1 N–H and O–H groups in total. The molecule has 92 valence electrons. The molecular formula is C14H19NO2. The van der Waals surface area contributed by atoms with Gasteiger partial charge in [-0.3, -0.25) is 4.79 Å². The topological polar surface area (TPSA) is 38.3 Å². The van der Waals surface area contributed by atoms with Crippen LogP contribution in [-0.2, 0) is 0 Å². The van der Waals surface area contributed by atoms with Gasteiger partial charge in [-0.15, -0.1) is 0 Å². The van der Waals surface area contributed by atoms with E-state index in [0.717, 1.165) is 30.7 Å². The van der Waals surface area contributed by atoms with Crippen molar-refractivity contribution in [3.05, 3.63) is 29.8 Å². The van der Waals surface area contributed by atoms with Gasteiger partial charge in [-0.05, 0) is 57.5 Å². The van der Waals surface area contributed by atoms with Crippen LogP contribution in [0.4, 0.5) is 0 Å². The first kappa shape index (κ1) is 12.1. The van der Waals surface area contributed by atoms with Gasteiger partial charge in [0.2, 0.25) is 0 Å². The Bertz CT molecular complexity index is 378. The molecule has 1 atom stereocenters. The lowest BCUT2D eigenvalue weighted by Gasteiger charge is -2.11. The zero-order valence-electron chi connectivity index (χ0n) is 10.4. The van der Waals surface area contributed by atoms with Crippen molar-refractivity contribution in [1.82, 2.24) is 5.32 Å². The second kappa shape index (κ2) is 5.32. The van der Waals surface area contributed by atoms with Crippen LogP contribution in [0.1, 0.15) is 37.0 Å². The van der Waals surface area contributed by atoms with E-state index in [1.165, 1.54) is 0 Å². The maximum atomic E-state index is 12.1. The Morgan fingerprint density at radius 1 is 1.35 bits per heavy atom. The fourth-order valence-electron chi connectivity index (χ4n) is 2.08. The summed E-state index contributed by atoms with van der Waals surface area (Å²) in [5.41, 5.74) is 0.764. The van der Waals surface area contributed by atoms with Gasteiger partial charge in [-0.25, -0.2) is 0 Å². The highest BCUT2D eigenvalue weighted by atomic mass is 16.5. The molecule has 2 rings (SSSR count). The van der Waals surface area contributed by atoms with Crippen molar-refractivity contribution in [3.8, 4) is 5.75 Å². The van der Waals surface area contributed by atoms with Crippen LogP contribution in [0, 0.1) is 0 Å². The summed E-state index contributed by atoms with van der Waals surface area (Å²) in [5.74, 6) is 1.01. The van der Waals surface area contributed by atoms with Crippen molar-refractivity contribution in [1.29, 1.82) is 0 Å². The third kappa shape index (κ3) is 3.07. The van der Waals surface area contributed by atoms with Gasteiger partial charge >= 0.3 is 0 Å². The molecular weight excluding hydrogens is 214 g/mol. The average Bonchev–Trinajstić information content (AvgIpc) is 2.82. The molecule has 1 aliphatic rings. The minimum Gasteiger partial charge on any atom is -0.491 e. The zero-order valence-corrected chi connectivity index (χ0v) is 10.4. The molecule has 0 bridgehead atoms. The molecule has 1 saturated heterocycles. The van der Waals surface area contributed by atoms with Crippen LogP contribution in [0.5, 0.6) is 5.75 Å². The summed E-state index contributed by atoms with van der Waals surface area (Å²) in [4.78, 5) is 12.1. The van der Waals surface area contributed by atoms with E-state index in [4.69, 9.17) is 4.74 Å². The second-order valence-corrected chi connectivity index (χ2v) is 4.70. The number of hydrogen-bond acceptors (Lipinski definition) is 3. The molecule has 0 aliphatic carbocycles. The van der Waals surface area contributed by atoms with Gasteiger partial charge in [0.1, 0.15) is 5.75 Å². The predicted octanol–water partition coefficient (Wildman–Crippen LogP) is 2.41. The number of ether oxygens (including phenoxy) is 1. The van der Waals surface area contributed by atoms with Crippen LogP contribution in [0.2, 0.25) is 0 Å². The normalized spacial score (nSPS) is 19.6. The maximum Gasteiger partial charge on any atom is 0.179 e.